The fourth-order valence-corrected chi connectivity index (χ4v) is 2.82. The average Bonchev–Trinajstić information content (AvgIpc) is 2.51. The van der Waals surface area contributed by atoms with Crippen molar-refractivity contribution in [3.8, 4) is 0 Å². The third-order valence-electron chi connectivity index (χ3n) is 3.78. The predicted molar refractivity (Wildman–Crippen MR) is 95.0 cm³/mol. The van der Waals surface area contributed by atoms with E-state index >= 15 is 0 Å². The molecular formula is C17H20BrClN2. The van der Waals surface area contributed by atoms with E-state index in [1.54, 1.807) is 0 Å². The third-order valence-corrected chi connectivity index (χ3v) is 5.01. The zero-order valence-corrected chi connectivity index (χ0v) is 14.4. The Bertz CT molecular complexity index is 583. The zero-order chi connectivity index (χ0) is 15.3. The van der Waals surface area contributed by atoms with Crippen LogP contribution in [0.25, 0.3) is 0 Å². The number of nitrogens with one attached hydrogen (secondary N) is 1. The standard InChI is InChI=1S/C17H20BrClN2/c1-2-17(12-20,11-13-6-4-3-5-7-13)21-14-8-9-15(18)16(19)10-14/h3-10,21H,2,11-12,20H2,1H3. The van der Waals surface area contributed by atoms with Gasteiger partial charge in [0.1, 0.15) is 0 Å². The minimum absolute atomic E-state index is 0.168. The first-order valence-corrected chi connectivity index (χ1v) is 8.23. The predicted octanol–water partition coefficient (Wildman–Crippen LogP) is 4.86. The molecular weight excluding hydrogens is 348 g/mol. The summed E-state index contributed by atoms with van der Waals surface area (Å²) >= 11 is 9.58. The fourth-order valence-electron chi connectivity index (χ4n) is 2.39. The van der Waals surface area contributed by atoms with Crippen molar-refractivity contribution in [1.29, 1.82) is 0 Å². The van der Waals surface area contributed by atoms with Crippen molar-refractivity contribution in [3.05, 3.63) is 63.6 Å². The maximum atomic E-state index is 6.17. The lowest BCUT2D eigenvalue weighted by Gasteiger charge is -2.34. The first-order valence-electron chi connectivity index (χ1n) is 7.06. The van der Waals surface area contributed by atoms with E-state index in [2.05, 4.69) is 52.4 Å². The summed E-state index contributed by atoms with van der Waals surface area (Å²) in [6, 6.07) is 16.3. The molecule has 2 aromatic rings. The van der Waals surface area contributed by atoms with Gasteiger partial charge in [-0.3, -0.25) is 0 Å². The molecule has 0 saturated carbocycles. The van der Waals surface area contributed by atoms with Gasteiger partial charge >= 0.3 is 0 Å². The summed E-state index contributed by atoms with van der Waals surface area (Å²) in [5, 5.41) is 4.27. The van der Waals surface area contributed by atoms with Crippen LogP contribution in [0, 0.1) is 0 Å². The van der Waals surface area contributed by atoms with Crippen LogP contribution in [0.4, 0.5) is 5.69 Å². The number of hydrogen-bond acceptors (Lipinski definition) is 2. The molecule has 2 aromatic carbocycles. The van der Waals surface area contributed by atoms with E-state index in [9.17, 15) is 0 Å². The van der Waals surface area contributed by atoms with E-state index in [1.165, 1.54) is 5.56 Å². The van der Waals surface area contributed by atoms with Crippen molar-refractivity contribution < 1.29 is 0 Å². The van der Waals surface area contributed by atoms with Crippen molar-refractivity contribution in [1.82, 2.24) is 0 Å². The van der Waals surface area contributed by atoms with Gasteiger partial charge in [0.2, 0.25) is 0 Å². The molecule has 0 aliphatic rings. The Morgan fingerprint density at radius 2 is 1.90 bits per heavy atom. The summed E-state index contributed by atoms with van der Waals surface area (Å²) in [5.41, 5.74) is 8.18. The summed E-state index contributed by atoms with van der Waals surface area (Å²) in [4.78, 5) is 0. The van der Waals surface area contributed by atoms with Gasteiger partial charge in [-0.25, -0.2) is 0 Å². The number of benzene rings is 2. The molecule has 1 atom stereocenters. The number of halogens is 2. The van der Waals surface area contributed by atoms with Crippen molar-refractivity contribution in [2.24, 2.45) is 5.73 Å². The summed E-state index contributed by atoms with van der Waals surface area (Å²) in [6.07, 6.45) is 1.82. The first-order chi connectivity index (χ1) is 10.1. The van der Waals surface area contributed by atoms with Gasteiger partial charge in [-0.15, -0.1) is 0 Å². The van der Waals surface area contributed by atoms with Crippen molar-refractivity contribution in [2.45, 2.75) is 25.3 Å². The third kappa shape index (κ3) is 4.22. The van der Waals surface area contributed by atoms with Crippen LogP contribution in [-0.2, 0) is 6.42 Å². The molecule has 0 spiro atoms. The van der Waals surface area contributed by atoms with Gasteiger partial charge in [0, 0.05) is 16.7 Å². The molecule has 0 aromatic heterocycles. The molecule has 1 unspecified atom stereocenters. The minimum Gasteiger partial charge on any atom is -0.378 e. The second-order valence-electron chi connectivity index (χ2n) is 5.25. The maximum absolute atomic E-state index is 6.17. The number of anilines is 1. The summed E-state index contributed by atoms with van der Waals surface area (Å²) < 4.78 is 0.896. The Morgan fingerprint density at radius 1 is 1.19 bits per heavy atom. The normalized spacial score (nSPS) is 13.7. The topological polar surface area (TPSA) is 38.0 Å². The molecule has 0 aliphatic carbocycles. The second kappa shape index (κ2) is 7.30. The molecule has 112 valence electrons. The molecule has 0 amide bonds. The molecule has 2 nitrogen and oxygen atoms in total. The van der Waals surface area contributed by atoms with Gasteiger partial charge in [0.25, 0.3) is 0 Å². The smallest absolute Gasteiger partial charge is 0.0568 e. The van der Waals surface area contributed by atoms with Gasteiger partial charge in [-0.05, 0) is 52.5 Å². The minimum atomic E-state index is -0.168. The molecule has 0 heterocycles. The van der Waals surface area contributed by atoms with E-state index in [4.69, 9.17) is 17.3 Å². The SMILES string of the molecule is CCC(CN)(Cc1ccccc1)Nc1ccc(Br)c(Cl)c1. The van der Waals surface area contributed by atoms with Crippen LogP contribution in [0.2, 0.25) is 5.02 Å². The van der Waals surface area contributed by atoms with Crippen LogP contribution in [0.3, 0.4) is 0 Å². The highest BCUT2D eigenvalue weighted by Gasteiger charge is 2.26. The molecule has 0 saturated heterocycles. The highest BCUT2D eigenvalue weighted by molar-refractivity contribution is 9.10. The van der Waals surface area contributed by atoms with E-state index in [-0.39, 0.29) is 5.54 Å². The largest absolute Gasteiger partial charge is 0.378 e. The molecule has 0 aliphatic heterocycles. The first kappa shape index (κ1) is 16.3. The van der Waals surface area contributed by atoms with Gasteiger partial charge in [0.15, 0.2) is 0 Å². The van der Waals surface area contributed by atoms with Crippen molar-refractivity contribution in [2.75, 3.05) is 11.9 Å². The molecule has 0 bridgehead atoms. The number of hydrogen-bond donors (Lipinski definition) is 2. The van der Waals surface area contributed by atoms with Crippen LogP contribution in [0.5, 0.6) is 0 Å². The second-order valence-corrected chi connectivity index (χ2v) is 6.52. The van der Waals surface area contributed by atoms with Gasteiger partial charge in [0.05, 0.1) is 10.6 Å². The summed E-state index contributed by atoms with van der Waals surface area (Å²) in [5.74, 6) is 0. The molecule has 4 heteroatoms. The monoisotopic (exact) mass is 366 g/mol. The highest BCUT2D eigenvalue weighted by Crippen LogP contribution is 2.29. The molecule has 21 heavy (non-hydrogen) atoms. The van der Waals surface area contributed by atoms with Gasteiger partial charge < -0.3 is 11.1 Å². The van der Waals surface area contributed by atoms with E-state index in [0.29, 0.717) is 11.6 Å². The van der Waals surface area contributed by atoms with Crippen molar-refractivity contribution >= 4 is 33.2 Å². The van der Waals surface area contributed by atoms with E-state index in [1.807, 2.05) is 24.3 Å². The van der Waals surface area contributed by atoms with Crippen LogP contribution >= 0.6 is 27.5 Å². The molecule has 0 fully saturated rings. The lowest BCUT2D eigenvalue weighted by atomic mass is 9.88. The molecule has 0 radical (unpaired) electrons. The lowest BCUT2D eigenvalue weighted by molar-refractivity contribution is 0.457. The lowest BCUT2D eigenvalue weighted by Crippen LogP contribution is -2.47. The van der Waals surface area contributed by atoms with Crippen LogP contribution < -0.4 is 11.1 Å². The Kier molecular flexibility index (Phi) is 5.68. The fraction of sp³-hybridized carbons (Fsp3) is 0.294. The van der Waals surface area contributed by atoms with Gasteiger partial charge in [-0.1, -0.05) is 48.9 Å². The average molecular weight is 368 g/mol. The Hall–Kier alpha value is -1.03. The van der Waals surface area contributed by atoms with Crippen molar-refractivity contribution in [3.63, 3.8) is 0 Å². The quantitative estimate of drug-likeness (QED) is 0.765. The summed E-state index contributed by atoms with van der Waals surface area (Å²) in [7, 11) is 0. The molecule has 2 rings (SSSR count). The molecule has 3 N–H and O–H groups in total. The van der Waals surface area contributed by atoms with E-state index < -0.39 is 0 Å². The van der Waals surface area contributed by atoms with Crippen LogP contribution in [0.1, 0.15) is 18.9 Å². The van der Waals surface area contributed by atoms with Crippen LogP contribution in [0.15, 0.2) is 53.0 Å². The number of rotatable bonds is 6. The Morgan fingerprint density at radius 3 is 2.48 bits per heavy atom. The zero-order valence-electron chi connectivity index (χ0n) is 12.1. The Labute approximate surface area is 139 Å². The van der Waals surface area contributed by atoms with Gasteiger partial charge in [-0.2, -0.15) is 0 Å². The summed E-state index contributed by atoms with van der Waals surface area (Å²) in [6.45, 7) is 2.72. The maximum Gasteiger partial charge on any atom is 0.0568 e. The number of nitrogens with two attached hydrogens (primary N) is 1. The van der Waals surface area contributed by atoms with Crippen LogP contribution in [-0.4, -0.2) is 12.1 Å². The Balaban J connectivity index is 2.23. The highest BCUT2D eigenvalue weighted by atomic mass is 79.9. The van der Waals surface area contributed by atoms with E-state index in [0.717, 1.165) is 23.0 Å².